The van der Waals surface area contributed by atoms with Gasteiger partial charge in [-0.05, 0) is 24.5 Å². The molecule has 2 N–H and O–H groups in total. The van der Waals surface area contributed by atoms with E-state index in [0.717, 1.165) is 6.42 Å². The summed E-state index contributed by atoms with van der Waals surface area (Å²) in [5, 5.41) is 0. The molecular weight excluding hydrogens is 228 g/mol. The van der Waals surface area contributed by atoms with Gasteiger partial charge in [-0.2, -0.15) is 0 Å². The van der Waals surface area contributed by atoms with E-state index >= 15 is 0 Å². The summed E-state index contributed by atoms with van der Waals surface area (Å²) in [6, 6.07) is 6.74. The topological polar surface area (TPSA) is 63.4 Å². The van der Waals surface area contributed by atoms with Gasteiger partial charge in [0, 0.05) is 12.6 Å². The molecular formula is C14H18N2O2. The molecule has 1 aliphatic heterocycles. The molecule has 0 saturated carbocycles. The number of hydrogen-bond donors (Lipinski definition) is 1. The molecule has 0 spiro atoms. The Kier molecular flexibility index (Phi) is 3.48. The molecule has 0 radical (unpaired) electrons. The quantitative estimate of drug-likeness (QED) is 0.822. The normalized spacial score (nSPS) is 16.3. The molecule has 18 heavy (non-hydrogen) atoms. The lowest BCUT2D eigenvalue weighted by atomic mass is 10.0. The van der Waals surface area contributed by atoms with Gasteiger partial charge in [0.15, 0.2) is 0 Å². The van der Waals surface area contributed by atoms with Crippen LogP contribution in [0, 0.1) is 5.92 Å². The molecule has 1 aromatic carbocycles. The zero-order valence-electron chi connectivity index (χ0n) is 10.7. The molecule has 0 aromatic heterocycles. The lowest BCUT2D eigenvalue weighted by Gasteiger charge is -2.20. The zero-order chi connectivity index (χ0) is 13.3. The average Bonchev–Trinajstić information content (AvgIpc) is 2.54. The van der Waals surface area contributed by atoms with Gasteiger partial charge in [0.05, 0.1) is 11.1 Å². The van der Waals surface area contributed by atoms with Crippen molar-refractivity contribution in [3.63, 3.8) is 0 Å². The summed E-state index contributed by atoms with van der Waals surface area (Å²) in [6.45, 7) is 4.44. The predicted octanol–water partition coefficient (Wildman–Crippen LogP) is 1.66. The number of amides is 2. The maximum absolute atomic E-state index is 12.1. The molecule has 0 bridgehead atoms. The number of nitrogens with zero attached hydrogens (tertiary/aromatic N) is 1. The minimum atomic E-state index is -0.227. The van der Waals surface area contributed by atoms with E-state index in [1.807, 2.05) is 0 Å². The number of fused-ring (bicyclic) bond motifs is 1. The van der Waals surface area contributed by atoms with E-state index in [1.165, 1.54) is 4.90 Å². The van der Waals surface area contributed by atoms with E-state index in [1.54, 1.807) is 24.3 Å². The minimum absolute atomic E-state index is 0.160. The van der Waals surface area contributed by atoms with E-state index in [0.29, 0.717) is 23.6 Å². The Balaban J connectivity index is 2.14. The molecule has 0 aliphatic carbocycles. The zero-order valence-corrected chi connectivity index (χ0v) is 10.7. The molecule has 0 saturated heterocycles. The first-order chi connectivity index (χ1) is 8.50. The number of imide groups is 1. The van der Waals surface area contributed by atoms with E-state index in [4.69, 9.17) is 5.73 Å². The van der Waals surface area contributed by atoms with Gasteiger partial charge >= 0.3 is 0 Å². The van der Waals surface area contributed by atoms with Crippen LogP contribution in [-0.4, -0.2) is 29.3 Å². The number of nitrogens with two attached hydrogens (primary N) is 1. The smallest absolute Gasteiger partial charge is 0.261 e. The Morgan fingerprint density at radius 1 is 1.11 bits per heavy atom. The van der Waals surface area contributed by atoms with Gasteiger partial charge in [0.2, 0.25) is 0 Å². The van der Waals surface area contributed by atoms with E-state index in [9.17, 15) is 9.59 Å². The molecule has 0 fully saturated rings. The van der Waals surface area contributed by atoms with Crippen LogP contribution in [0.1, 0.15) is 41.0 Å². The molecule has 4 nitrogen and oxygen atoms in total. The van der Waals surface area contributed by atoms with Gasteiger partial charge in [0.1, 0.15) is 0 Å². The van der Waals surface area contributed by atoms with Crippen molar-refractivity contribution in [1.29, 1.82) is 0 Å². The number of carbonyl (C=O) groups excluding carboxylic acids is 2. The molecule has 1 aromatic rings. The highest BCUT2D eigenvalue weighted by atomic mass is 16.2. The Labute approximate surface area is 107 Å². The molecule has 2 rings (SSSR count). The summed E-state index contributed by atoms with van der Waals surface area (Å²) in [5.74, 6) is -0.000190. The first kappa shape index (κ1) is 12.8. The number of hydrogen-bond acceptors (Lipinski definition) is 3. The molecule has 1 atom stereocenters. The minimum Gasteiger partial charge on any atom is -0.326 e. The Hall–Kier alpha value is -1.68. The van der Waals surface area contributed by atoms with Crippen LogP contribution in [0.4, 0.5) is 0 Å². The van der Waals surface area contributed by atoms with Crippen molar-refractivity contribution >= 4 is 11.8 Å². The van der Waals surface area contributed by atoms with E-state index < -0.39 is 0 Å². The van der Waals surface area contributed by atoms with Gasteiger partial charge in [-0.1, -0.05) is 26.0 Å². The van der Waals surface area contributed by atoms with Crippen molar-refractivity contribution in [1.82, 2.24) is 4.90 Å². The van der Waals surface area contributed by atoms with Crippen LogP contribution < -0.4 is 5.73 Å². The lowest BCUT2D eigenvalue weighted by molar-refractivity contribution is 0.0641. The summed E-state index contributed by atoms with van der Waals surface area (Å²) in [5.41, 5.74) is 6.94. The summed E-state index contributed by atoms with van der Waals surface area (Å²) in [7, 11) is 0. The van der Waals surface area contributed by atoms with Crippen molar-refractivity contribution < 1.29 is 9.59 Å². The van der Waals surface area contributed by atoms with Crippen LogP contribution in [0.15, 0.2) is 24.3 Å². The van der Waals surface area contributed by atoms with Crippen LogP contribution in [0.2, 0.25) is 0 Å². The van der Waals surface area contributed by atoms with Crippen LogP contribution >= 0.6 is 0 Å². The third kappa shape index (κ3) is 2.29. The fourth-order valence-corrected chi connectivity index (χ4v) is 2.32. The predicted molar refractivity (Wildman–Crippen MR) is 69.2 cm³/mol. The van der Waals surface area contributed by atoms with Gasteiger partial charge in [0.25, 0.3) is 11.8 Å². The second kappa shape index (κ2) is 4.90. The van der Waals surface area contributed by atoms with Crippen molar-refractivity contribution in [3.8, 4) is 0 Å². The summed E-state index contributed by atoms with van der Waals surface area (Å²) in [6.07, 6.45) is 0.799. The Morgan fingerprint density at radius 2 is 1.61 bits per heavy atom. The standard InChI is InChI=1S/C14H18N2O2/c1-9(2)7-10(15)8-16-13(17)11-5-3-4-6-12(11)14(16)18/h3-6,9-10H,7-8,15H2,1-2H3/t10-/m0/s1. The van der Waals surface area contributed by atoms with Gasteiger partial charge in [-0.25, -0.2) is 0 Å². The van der Waals surface area contributed by atoms with Crippen LogP contribution in [0.5, 0.6) is 0 Å². The maximum Gasteiger partial charge on any atom is 0.261 e. The Bertz CT molecular complexity index is 447. The highest BCUT2D eigenvalue weighted by Gasteiger charge is 2.35. The van der Waals surface area contributed by atoms with Crippen molar-refractivity contribution in [2.75, 3.05) is 6.54 Å². The molecule has 1 heterocycles. The average molecular weight is 246 g/mol. The molecule has 96 valence electrons. The van der Waals surface area contributed by atoms with Gasteiger partial charge in [-0.15, -0.1) is 0 Å². The third-order valence-corrected chi connectivity index (χ3v) is 3.07. The molecule has 1 aliphatic rings. The second-order valence-corrected chi connectivity index (χ2v) is 5.16. The first-order valence-electron chi connectivity index (χ1n) is 6.21. The fourth-order valence-electron chi connectivity index (χ4n) is 2.32. The van der Waals surface area contributed by atoms with Crippen molar-refractivity contribution in [2.24, 2.45) is 11.7 Å². The van der Waals surface area contributed by atoms with Gasteiger partial charge < -0.3 is 5.73 Å². The highest BCUT2D eigenvalue weighted by molar-refractivity contribution is 6.21. The summed E-state index contributed by atoms with van der Waals surface area (Å²) in [4.78, 5) is 25.4. The van der Waals surface area contributed by atoms with Crippen LogP contribution in [0.3, 0.4) is 0 Å². The van der Waals surface area contributed by atoms with E-state index in [2.05, 4.69) is 13.8 Å². The van der Waals surface area contributed by atoms with E-state index in [-0.39, 0.29) is 17.9 Å². The lowest BCUT2D eigenvalue weighted by Crippen LogP contribution is -2.41. The third-order valence-electron chi connectivity index (χ3n) is 3.07. The SMILES string of the molecule is CC(C)C[C@H](N)CN1C(=O)c2ccccc2C1=O. The maximum atomic E-state index is 12.1. The monoisotopic (exact) mass is 246 g/mol. The second-order valence-electron chi connectivity index (χ2n) is 5.16. The Morgan fingerprint density at radius 3 is 2.06 bits per heavy atom. The summed E-state index contributed by atoms with van der Waals surface area (Å²) >= 11 is 0. The molecule has 0 unspecified atom stereocenters. The number of rotatable bonds is 4. The summed E-state index contributed by atoms with van der Waals surface area (Å²) < 4.78 is 0. The van der Waals surface area contributed by atoms with Crippen molar-refractivity contribution in [3.05, 3.63) is 35.4 Å². The largest absolute Gasteiger partial charge is 0.326 e. The number of benzene rings is 1. The first-order valence-corrected chi connectivity index (χ1v) is 6.21. The number of carbonyl (C=O) groups is 2. The van der Waals surface area contributed by atoms with Crippen LogP contribution in [-0.2, 0) is 0 Å². The molecule has 2 amide bonds. The van der Waals surface area contributed by atoms with Crippen molar-refractivity contribution in [2.45, 2.75) is 26.3 Å². The van der Waals surface area contributed by atoms with Gasteiger partial charge in [-0.3, -0.25) is 14.5 Å². The molecule has 4 heteroatoms. The highest BCUT2D eigenvalue weighted by Crippen LogP contribution is 2.22. The van der Waals surface area contributed by atoms with Crippen LogP contribution in [0.25, 0.3) is 0 Å². The fraction of sp³-hybridized carbons (Fsp3) is 0.429.